The molecule has 0 N–H and O–H groups in total. The average Bonchev–Trinajstić information content (AvgIpc) is 3.66. The van der Waals surface area contributed by atoms with Gasteiger partial charge in [-0.1, -0.05) is 123 Å². The number of hydrogen-bond acceptors (Lipinski definition) is 2. The van der Waals surface area contributed by atoms with E-state index in [0.29, 0.717) is 0 Å². The summed E-state index contributed by atoms with van der Waals surface area (Å²) in [5.41, 5.74) is 15.3. The van der Waals surface area contributed by atoms with E-state index in [1.54, 1.807) is 0 Å². The number of rotatable bonds is 5. The third-order valence-electron chi connectivity index (χ3n) is 11.1. The molecular formula is C49H37NS. The molecule has 0 atom stereocenters. The number of benzene rings is 7. The van der Waals surface area contributed by atoms with E-state index in [1.165, 1.54) is 87.2 Å². The number of aryl methyl sites for hydroxylation is 1. The van der Waals surface area contributed by atoms with Gasteiger partial charge in [0, 0.05) is 32.1 Å². The van der Waals surface area contributed by atoms with Gasteiger partial charge in [0.2, 0.25) is 0 Å². The summed E-state index contributed by atoms with van der Waals surface area (Å²) < 4.78 is 1.35. The van der Waals surface area contributed by atoms with E-state index < -0.39 is 0 Å². The molecule has 0 spiro atoms. The maximum Gasteiger partial charge on any atom is 0.0476 e. The van der Waals surface area contributed by atoms with Crippen LogP contribution < -0.4 is 4.90 Å². The van der Waals surface area contributed by atoms with Crippen molar-refractivity contribution in [1.29, 1.82) is 0 Å². The lowest BCUT2D eigenvalue weighted by atomic mass is 9.82. The first-order chi connectivity index (χ1) is 25.0. The number of nitrogens with zero attached hydrogens (tertiary/aromatic N) is 1. The zero-order valence-electron chi connectivity index (χ0n) is 28.9. The second kappa shape index (κ2) is 11.7. The molecule has 0 saturated heterocycles. The second-order valence-corrected chi connectivity index (χ2v) is 15.6. The Morgan fingerprint density at radius 3 is 2.10 bits per heavy atom. The molecule has 8 aromatic rings. The largest absolute Gasteiger partial charge is 0.310 e. The van der Waals surface area contributed by atoms with Gasteiger partial charge in [0.05, 0.1) is 0 Å². The Morgan fingerprint density at radius 1 is 0.529 bits per heavy atom. The minimum atomic E-state index is -0.0728. The summed E-state index contributed by atoms with van der Waals surface area (Å²) in [5.74, 6) is 0. The molecule has 0 bridgehead atoms. The molecule has 1 heterocycles. The molecule has 51 heavy (non-hydrogen) atoms. The molecule has 1 nitrogen and oxygen atoms in total. The average molecular weight is 672 g/mol. The molecule has 0 amide bonds. The molecule has 244 valence electrons. The van der Waals surface area contributed by atoms with Gasteiger partial charge in [-0.25, -0.2) is 0 Å². The Labute approximate surface area is 303 Å². The van der Waals surface area contributed by atoms with E-state index in [9.17, 15) is 0 Å². The van der Waals surface area contributed by atoms with Crippen molar-refractivity contribution < 1.29 is 0 Å². The van der Waals surface area contributed by atoms with Crippen molar-refractivity contribution in [2.75, 3.05) is 4.90 Å². The number of allylic oxidation sites excluding steroid dienone is 1. The van der Waals surface area contributed by atoms with Gasteiger partial charge in [-0.2, -0.15) is 0 Å². The smallest absolute Gasteiger partial charge is 0.0476 e. The predicted molar refractivity (Wildman–Crippen MR) is 220 cm³/mol. The minimum absolute atomic E-state index is 0.0728. The van der Waals surface area contributed by atoms with E-state index in [1.807, 2.05) is 11.3 Å². The summed E-state index contributed by atoms with van der Waals surface area (Å²) >= 11 is 1.92. The third kappa shape index (κ3) is 4.97. The SMILES string of the molecule is CC1(C)c2ccccc2-c2ccc(N(c3ccc(-c4cccc(-c5ccc6ccccc6c5)c4)cc3)c3ccc4c5c(sc4c3)C=CCC5)cc21. The van der Waals surface area contributed by atoms with Gasteiger partial charge in [-0.3, -0.25) is 0 Å². The minimum Gasteiger partial charge on any atom is -0.310 e. The lowest BCUT2D eigenvalue weighted by Gasteiger charge is -2.28. The molecule has 1 aromatic heterocycles. The van der Waals surface area contributed by atoms with Crippen LogP contribution in [-0.2, 0) is 11.8 Å². The number of anilines is 3. The highest BCUT2D eigenvalue weighted by Gasteiger charge is 2.35. The fraction of sp³-hybridized carbons (Fsp3) is 0.102. The van der Waals surface area contributed by atoms with Gasteiger partial charge in [-0.15, -0.1) is 11.3 Å². The normalized spacial score (nSPS) is 14.0. The van der Waals surface area contributed by atoms with Gasteiger partial charge >= 0.3 is 0 Å². The van der Waals surface area contributed by atoms with Crippen molar-refractivity contribution in [1.82, 2.24) is 0 Å². The van der Waals surface area contributed by atoms with Gasteiger partial charge in [0.25, 0.3) is 0 Å². The lowest BCUT2D eigenvalue weighted by molar-refractivity contribution is 0.660. The van der Waals surface area contributed by atoms with Crippen LogP contribution in [0.3, 0.4) is 0 Å². The van der Waals surface area contributed by atoms with Gasteiger partial charge in [-0.05, 0) is 134 Å². The molecule has 2 aliphatic carbocycles. The van der Waals surface area contributed by atoms with Crippen LogP contribution in [0.25, 0.3) is 60.3 Å². The standard InChI is InChI=1S/C49H37NS/c1-49(2)45-16-7-5-14-41(45)42-26-24-39(30-46(42)49)50(40-25-27-44-43-15-6-8-17-47(43)51-48(44)31-40)38-22-20-33(21-23-38)35-12-9-13-36(28-35)37-19-18-32-10-3-4-11-34(32)29-37/h3-5,7-14,16-31H,6,15H2,1-2H3. The molecule has 0 aliphatic heterocycles. The molecule has 0 fully saturated rings. The highest BCUT2D eigenvalue weighted by atomic mass is 32.1. The lowest BCUT2D eigenvalue weighted by Crippen LogP contribution is -2.16. The topological polar surface area (TPSA) is 3.24 Å². The Hall–Kier alpha value is -5.70. The van der Waals surface area contributed by atoms with Crippen LogP contribution in [0.5, 0.6) is 0 Å². The molecule has 10 rings (SSSR count). The van der Waals surface area contributed by atoms with Crippen LogP contribution in [0.15, 0.2) is 158 Å². The summed E-state index contributed by atoms with van der Waals surface area (Å²) in [6.07, 6.45) is 6.87. The van der Waals surface area contributed by atoms with Crippen molar-refractivity contribution in [3.05, 3.63) is 179 Å². The molecule has 7 aromatic carbocycles. The monoisotopic (exact) mass is 671 g/mol. The summed E-state index contributed by atoms with van der Waals surface area (Å²) in [6.45, 7) is 4.73. The zero-order chi connectivity index (χ0) is 34.1. The number of thiophene rings is 1. The molecule has 2 aliphatic rings. The van der Waals surface area contributed by atoms with E-state index >= 15 is 0 Å². The van der Waals surface area contributed by atoms with E-state index in [-0.39, 0.29) is 5.41 Å². The van der Waals surface area contributed by atoms with Gasteiger partial charge < -0.3 is 4.90 Å². The maximum atomic E-state index is 2.45. The van der Waals surface area contributed by atoms with Crippen molar-refractivity contribution in [3.8, 4) is 33.4 Å². The Balaban J connectivity index is 1.07. The van der Waals surface area contributed by atoms with Crippen molar-refractivity contribution in [3.63, 3.8) is 0 Å². The van der Waals surface area contributed by atoms with Crippen molar-refractivity contribution in [2.24, 2.45) is 0 Å². The maximum absolute atomic E-state index is 2.45. The van der Waals surface area contributed by atoms with Crippen molar-refractivity contribution >= 4 is 55.3 Å². The summed E-state index contributed by atoms with van der Waals surface area (Å²) in [7, 11) is 0. The Bertz CT molecular complexity index is 2670. The summed E-state index contributed by atoms with van der Waals surface area (Å²) in [5, 5.41) is 3.93. The summed E-state index contributed by atoms with van der Waals surface area (Å²) in [4.78, 5) is 3.86. The molecule has 0 unspecified atom stereocenters. The van der Waals surface area contributed by atoms with Crippen LogP contribution >= 0.6 is 11.3 Å². The predicted octanol–water partition coefficient (Wildman–Crippen LogP) is 14.1. The molecular weight excluding hydrogens is 635 g/mol. The second-order valence-electron chi connectivity index (χ2n) is 14.5. The fourth-order valence-corrected chi connectivity index (χ4v) is 9.65. The number of fused-ring (bicyclic) bond motifs is 7. The zero-order valence-corrected chi connectivity index (χ0v) is 29.7. The van der Waals surface area contributed by atoms with Crippen LogP contribution in [0.1, 0.15) is 41.8 Å². The Kier molecular flexibility index (Phi) is 6.91. The first-order valence-electron chi connectivity index (χ1n) is 18.0. The molecule has 2 heteroatoms. The highest BCUT2D eigenvalue weighted by molar-refractivity contribution is 7.20. The van der Waals surface area contributed by atoms with Crippen LogP contribution in [0.2, 0.25) is 0 Å². The van der Waals surface area contributed by atoms with E-state index in [2.05, 4.69) is 183 Å². The summed E-state index contributed by atoms with van der Waals surface area (Å²) in [6, 6.07) is 56.4. The highest BCUT2D eigenvalue weighted by Crippen LogP contribution is 2.51. The van der Waals surface area contributed by atoms with E-state index in [4.69, 9.17) is 0 Å². The van der Waals surface area contributed by atoms with Crippen LogP contribution in [0, 0.1) is 0 Å². The van der Waals surface area contributed by atoms with Gasteiger partial charge in [0.1, 0.15) is 0 Å². The number of hydrogen-bond donors (Lipinski definition) is 0. The van der Waals surface area contributed by atoms with Crippen molar-refractivity contribution in [2.45, 2.75) is 32.1 Å². The first kappa shape index (κ1) is 30.2. The van der Waals surface area contributed by atoms with Crippen LogP contribution in [0.4, 0.5) is 17.1 Å². The van der Waals surface area contributed by atoms with E-state index in [0.717, 1.165) is 18.5 Å². The van der Waals surface area contributed by atoms with Crippen LogP contribution in [-0.4, -0.2) is 0 Å². The third-order valence-corrected chi connectivity index (χ3v) is 12.3. The first-order valence-corrected chi connectivity index (χ1v) is 18.8. The quantitative estimate of drug-likeness (QED) is 0.176. The molecule has 0 saturated carbocycles. The van der Waals surface area contributed by atoms with Gasteiger partial charge in [0.15, 0.2) is 0 Å². The fourth-order valence-electron chi connectivity index (χ4n) is 8.44. The molecule has 0 radical (unpaired) electrons. The Morgan fingerprint density at radius 2 is 1.22 bits per heavy atom.